The summed E-state index contributed by atoms with van der Waals surface area (Å²) in [5.74, 6) is 0.324. The van der Waals surface area contributed by atoms with Crippen molar-refractivity contribution in [3.8, 4) is 5.75 Å². The van der Waals surface area contributed by atoms with Gasteiger partial charge in [0.1, 0.15) is 11.6 Å². The molecule has 0 aliphatic carbocycles. The number of nitrogens with one attached hydrogen (secondary N) is 2. The van der Waals surface area contributed by atoms with Crippen LogP contribution in [0.4, 0.5) is 11.4 Å². The largest absolute Gasteiger partial charge is 0.492 e. The first-order valence-electron chi connectivity index (χ1n) is 9.75. The normalized spacial score (nSPS) is 11.4. The molecule has 0 aliphatic rings. The molecule has 0 saturated carbocycles. The molecule has 0 aliphatic heterocycles. The topological polar surface area (TPSA) is 101 Å². The Labute approximate surface area is 172 Å². The Kier molecular flexibility index (Phi) is 7.88. The quantitative estimate of drug-likeness (QED) is 0.321. The minimum absolute atomic E-state index is 0.00517. The summed E-state index contributed by atoms with van der Waals surface area (Å²) in [6.45, 7) is 8.37. The number of esters is 1. The van der Waals surface area contributed by atoms with Gasteiger partial charge in [0.15, 0.2) is 6.04 Å². The molecule has 1 atom stereocenters. The number of nitrogens with zero attached hydrogens (tertiary/aromatic N) is 1. The zero-order valence-corrected chi connectivity index (χ0v) is 17.5. The zero-order valence-electron chi connectivity index (χ0n) is 17.5. The molecule has 0 spiro atoms. The summed E-state index contributed by atoms with van der Waals surface area (Å²) in [6.07, 6.45) is 0. The number of benzene rings is 2. The number of carbonyl (C=O) groups excluding carboxylic acids is 1. The van der Waals surface area contributed by atoms with Crippen molar-refractivity contribution in [3.05, 3.63) is 53.6 Å². The van der Waals surface area contributed by atoms with Gasteiger partial charge in [0.05, 0.1) is 19.4 Å². The van der Waals surface area contributed by atoms with Crippen LogP contribution in [0.15, 0.2) is 42.5 Å². The van der Waals surface area contributed by atoms with Gasteiger partial charge in [-0.05, 0) is 62.7 Å². The van der Waals surface area contributed by atoms with Crippen molar-refractivity contribution in [3.63, 3.8) is 0 Å². The van der Waals surface area contributed by atoms with Crippen molar-refractivity contribution in [1.29, 1.82) is 5.41 Å². The summed E-state index contributed by atoms with van der Waals surface area (Å²) in [7, 11) is 1.36. The summed E-state index contributed by atoms with van der Waals surface area (Å²) >= 11 is 0. The summed E-state index contributed by atoms with van der Waals surface area (Å²) < 4.78 is 10.9. The van der Waals surface area contributed by atoms with E-state index in [1.807, 2.05) is 25.1 Å². The fourth-order valence-corrected chi connectivity index (χ4v) is 3.12. The molecule has 0 radical (unpaired) electrons. The molecule has 7 nitrogen and oxygen atoms in total. The number of rotatable bonds is 10. The third-order valence-electron chi connectivity index (χ3n) is 4.66. The fourth-order valence-electron chi connectivity index (χ4n) is 3.12. The van der Waals surface area contributed by atoms with Crippen LogP contribution < -0.4 is 20.7 Å². The summed E-state index contributed by atoms with van der Waals surface area (Å²) in [4.78, 5) is 14.7. The van der Waals surface area contributed by atoms with Crippen LogP contribution in [0.2, 0.25) is 0 Å². The van der Waals surface area contributed by atoms with E-state index in [1.54, 1.807) is 24.3 Å². The van der Waals surface area contributed by atoms with E-state index in [-0.39, 0.29) is 5.84 Å². The number of amidine groups is 1. The van der Waals surface area contributed by atoms with Gasteiger partial charge in [-0.3, -0.25) is 5.41 Å². The van der Waals surface area contributed by atoms with Crippen molar-refractivity contribution in [2.45, 2.75) is 26.8 Å². The molecule has 0 fully saturated rings. The molecule has 4 N–H and O–H groups in total. The van der Waals surface area contributed by atoms with E-state index in [2.05, 4.69) is 24.1 Å². The van der Waals surface area contributed by atoms with Crippen LogP contribution in [-0.2, 0) is 9.53 Å². The van der Waals surface area contributed by atoms with Crippen molar-refractivity contribution in [2.75, 3.05) is 37.0 Å². The van der Waals surface area contributed by atoms with Crippen LogP contribution in [0.1, 0.15) is 37.9 Å². The van der Waals surface area contributed by atoms with E-state index < -0.39 is 12.0 Å². The predicted octanol–water partition coefficient (Wildman–Crippen LogP) is 3.54. The standard InChI is InChI=1S/C22H30N4O3/c1-5-26(6-2)18-13-10-16(14-19(18)29-7-3)20(22(27)28-4)25-17-11-8-15(9-12-17)21(23)24/h8-14,20,25H,5-7H2,1-4H3,(H3,23,24). The highest BCUT2D eigenvalue weighted by Gasteiger charge is 2.23. The lowest BCUT2D eigenvalue weighted by Crippen LogP contribution is -2.24. The first kappa shape index (κ1) is 22.1. The molecule has 156 valence electrons. The molecular formula is C22H30N4O3. The highest BCUT2D eigenvalue weighted by molar-refractivity contribution is 5.95. The molecule has 2 aromatic carbocycles. The average molecular weight is 399 g/mol. The summed E-state index contributed by atoms with van der Waals surface area (Å²) in [6, 6.07) is 12.1. The molecule has 0 amide bonds. The van der Waals surface area contributed by atoms with Gasteiger partial charge in [-0.2, -0.15) is 0 Å². The van der Waals surface area contributed by atoms with Crippen molar-refractivity contribution in [1.82, 2.24) is 0 Å². The Balaban J connectivity index is 2.39. The molecule has 0 saturated heterocycles. The third-order valence-corrected chi connectivity index (χ3v) is 4.66. The maximum atomic E-state index is 12.5. The second kappa shape index (κ2) is 10.4. The highest BCUT2D eigenvalue weighted by Crippen LogP contribution is 2.33. The maximum Gasteiger partial charge on any atom is 0.332 e. The first-order chi connectivity index (χ1) is 13.9. The van der Waals surface area contributed by atoms with E-state index in [9.17, 15) is 4.79 Å². The molecule has 1 unspecified atom stereocenters. The van der Waals surface area contributed by atoms with Gasteiger partial charge in [0, 0.05) is 24.3 Å². The third kappa shape index (κ3) is 5.40. The molecule has 2 aromatic rings. The summed E-state index contributed by atoms with van der Waals surface area (Å²) in [5.41, 5.74) is 8.58. The SMILES string of the molecule is CCOc1cc(C(Nc2ccc(C(=N)N)cc2)C(=O)OC)ccc1N(CC)CC. The van der Waals surface area contributed by atoms with Gasteiger partial charge in [-0.15, -0.1) is 0 Å². The number of nitrogen functional groups attached to an aromatic ring is 1. The minimum Gasteiger partial charge on any atom is -0.492 e. The van der Waals surface area contributed by atoms with Gasteiger partial charge in [0.2, 0.25) is 0 Å². The molecular weight excluding hydrogens is 368 g/mol. The van der Waals surface area contributed by atoms with Crippen LogP contribution in [0.5, 0.6) is 5.75 Å². The van der Waals surface area contributed by atoms with Gasteiger partial charge in [-0.1, -0.05) is 6.07 Å². The van der Waals surface area contributed by atoms with Crippen LogP contribution in [0.25, 0.3) is 0 Å². The van der Waals surface area contributed by atoms with E-state index in [0.29, 0.717) is 12.2 Å². The Hall–Kier alpha value is -3.22. The van der Waals surface area contributed by atoms with Crippen LogP contribution >= 0.6 is 0 Å². The fraction of sp³-hybridized carbons (Fsp3) is 0.364. The Morgan fingerprint density at radius 1 is 1.14 bits per heavy atom. The number of ether oxygens (including phenoxy) is 2. The van der Waals surface area contributed by atoms with E-state index >= 15 is 0 Å². The van der Waals surface area contributed by atoms with E-state index in [4.69, 9.17) is 20.6 Å². The number of hydrogen-bond donors (Lipinski definition) is 3. The molecule has 0 aromatic heterocycles. The zero-order chi connectivity index (χ0) is 21.4. The smallest absolute Gasteiger partial charge is 0.332 e. The van der Waals surface area contributed by atoms with Gasteiger partial charge in [-0.25, -0.2) is 4.79 Å². The minimum atomic E-state index is -0.701. The highest BCUT2D eigenvalue weighted by atomic mass is 16.5. The molecule has 7 heteroatoms. The Bertz CT molecular complexity index is 832. The monoisotopic (exact) mass is 398 g/mol. The van der Waals surface area contributed by atoms with Crippen LogP contribution in [0.3, 0.4) is 0 Å². The summed E-state index contributed by atoms with van der Waals surface area (Å²) in [5, 5.41) is 10.7. The number of nitrogens with two attached hydrogens (primary N) is 1. The lowest BCUT2D eigenvalue weighted by Gasteiger charge is -2.25. The van der Waals surface area contributed by atoms with E-state index in [0.717, 1.165) is 35.8 Å². The van der Waals surface area contributed by atoms with Crippen LogP contribution in [0, 0.1) is 5.41 Å². The van der Waals surface area contributed by atoms with E-state index in [1.165, 1.54) is 7.11 Å². The van der Waals surface area contributed by atoms with Gasteiger partial charge in [0.25, 0.3) is 0 Å². The lowest BCUT2D eigenvalue weighted by molar-refractivity contribution is -0.141. The second-order valence-corrected chi connectivity index (χ2v) is 6.42. The van der Waals surface area contributed by atoms with Crippen molar-refractivity contribution in [2.24, 2.45) is 5.73 Å². The predicted molar refractivity (Wildman–Crippen MR) is 117 cm³/mol. The molecule has 0 bridgehead atoms. The average Bonchev–Trinajstić information content (AvgIpc) is 2.73. The number of anilines is 2. The Morgan fingerprint density at radius 2 is 1.79 bits per heavy atom. The second-order valence-electron chi connectivity index (χ2n) is 6.42. The van der Waals surface area contributed by atoms with Crippen LogP contribution in [-0.4, -0.2) is 38.6 Å². The molecule has 2 rings (SSSR count). The molecule has 29 heavy (non-hydrogen) atoms. The van der Waals surface area contributed by atoms with Gasteiger partial charge >= 0.3 is 5.97 Å². The maximum absolute atomic E-state index is 12.5. The Morgan fingerprint density at radius 3 is 2.31 bits per heavy atom. The van der Waals surface area contributed by atoms with Crippen molar-refractivity contribution >= 4 is 23.2 Å². The van der Waals surface area contributed by atoms with Crippen molar-refractivity contribution < 1.29 is 14.3 Å². The number of methoxy groups -OCH3 is 1. The van der Waals surface area contributed by atoms with Gasteiger partial charge < -0.3 is 25.4 Å². The number of carbonyl (C=O) groups is 1. The molecule has 0 heterocycles. The number of hydrogen-bond acceptors (Lipinski definition) is 6. The first-order valence-corrected chi connectivity index (χ1v) is 9.75. The lowest BCUT2D eigenvalue weighted by atomic mass is 10.0.